The van der Waals surface area contributed by atoms with Crippen LogP contribution in [0.25, 0.3) is 0 Å². The molecule has 0 unspecified atom stereocenters. The van der Waals surface area contributed by atoms with Gasteiger partial charge in [0.15, 0.2) is 12.2 Å². The molecule has 5 atom stereocenters. The van der Waals surface area contributed by atoms with Crippen LogP contribution in [0.15, 0.2) is 182 Å². The summed E-state index contributed by atoms with van der Waals surface area (Å²) < 4.78 is 31.5. The van der Waals surface area contributed by atoms with Crippen LogP contribution in [0.4, 0.5) is 4.79 Å². The lowest BCUT2D eigenvalue weighted by molar-refractivity contribution is -0.525. The van der Waals surface area contributed by atoms with Crippen LogP contribution >= 0.6 is 0 Å². The molecule has 7 rings (SSSR count). The molecule has 1 amide bonds. The van der Waals surface area contributed by atoms with Crippen molar-refractivity contribution in [1.82, 2.24) is 4.90 Å². The molecule has 300 valence electrons. The van der Waals surface area contributed by atoms with Crippen molar-refractivity contribution in [2.75, 3.05) is 13.2 Å². The van der Waals surface area contributed by atoms with E-state index in [0.717, 1.165) is 27.2 Å². The summed E-state index contributed by atoms with van der Waals surface area (Å²) in [7, 11) is 0. The summed E-state index contributed by atoms with van der Waals surface area (Å²) in [5, 5.41) is 14.6. The summed E-state index contributed by atoms with van der Waals surface area (Å²) in [6, 6.07) is 53.0. The number of likely N-dealkylation sites (N-methyl/N-ethyl adjacent to an activating group) is 1. The Balaban J connectivity index is 1.31. The largest absolute Gasteiger partial charge is 0.829 e. The quantitative estimate of drug-likeness (QED) is 0.0625. The maximum atomic E-state index is 14.6. The molecule has 1 saturated heterocycles. The van der Waals surface area contributed by atoms with Crippen molar-refractivity contribution in [2.45, 2.75) is 49.8 Å². The molecule has 1 fully saturated rings. The van der Waals surface area contributed by atoms with Gasteiger partial charge in [-0.3, -0.25) is 0 Å². The minimum Gasteiger partial charge on any atom is -0.829 e. The van der Waals surface area contributed by atoms with E-state index in [0.29, 0.717) is 0 Å². The van der Waals surface area contributed by atoms with E-state index >= 15 is 0 Å². The molecule has 6 aromatic carbocycles. The Morgan fingerprint density at radius 1 is 0.593 bits per heavy atom. The molecule has 1 aliphatic heterocycles. The number of hydrogen-bond donors (Lipinski definition) is 0. The van der Waals surface area contributed by atoms with Crippen LogP contribution in [0.3, 0.4) is 0 Å². The van der Waals surface area contributed by atoms with Gasteiger partial charge in [-0.15, -0.1) is 0 Å². The first-order chi connectivity index (χ1) is 28.9. The molecule has 1 aliphatic rings. The smallest absolute Gasteiger partial charge is 0.410 e. The standard InChI is InChI=1S/C49H44NO9/c1-2-50(48(54)55-33-35-21-9-3-10-22-35)42-44(59-46(52)37-25-13-5-14-26-37)43(58-45(51)36-23-11-4-12-24-36)41(57-47(42)53)34-56-49(38-27-15-6-16-28-38,39-29-17-7-18-30-39)40-31-19-8-20-32-40/h3-32,41-44,47H,2,33-34H2,1H3/q-1/t41-,42-,43-,44-,47+/m1/s1. The van der Waals surface area contributed by atoms with Gasteiger partial charge in [0, 0.05) is 12.8 Å². The van der Waals surface area contributed by atoms with Crippen molar-refractivity contribution in [3.63, 3.8) is 0 Å². The van der Waals surface area contributed by atoms with E-state index in [4.69, 9.17) is 23.7 Å². The van der Waals surface area contributed by atoms with Crippen molar-refractivity contribution in [3.05, 3.63) is 215 Å². The second-order valence-electron chi connectivity index (χ2n) is 13.9. The van der Waals surface area contributed by atoms with Crippen molar-refractivity contribution < 1.29 is 43.2 Å². The Morgan fingerprint density at radius 3 is 1.44 bits per heavy atom. The van der Waals surface area contributed by atoms with Crippen LogP contribution in [-0.4, -0.2) is 66.7 Å². The average Bonchev–Trinajstić information content (AvgIpc) is 3.30. The number of rotatable bonds is 14. The van der Waals surface area contributed by atoms with E-state index in [1.54, 1.807) is 79.7 Å². The summed E-state index contributed by atoms with van der Waals surface area (Å²) >= 11 is 0. The number of carbonyl (C=O) groups excluding carboxylic acids is 3. The van der Waals surface area contributed by atoms with Crippen LogP contribution < -0.4 is 5.11 Å². The highest BCUT2D eigenvalue weighted by Crippen LogP contribution is 2.41. The van der Waals surface area contributed by atoms with E-state index in [-0.39, 0.29) is 30.9 Å². The zero-order valence-corrected chi connectivity index (χ0v) is 32.5. The summed E-state index contributed by atoms with van der Waals surface area (Å²) in [5.74, 6) is -1.56. The molecule has 59 heavy (non-hydrogen) atoms. The van der Waals surface area contributed by atoms with Crippen molar-refractivity contribution >= 4 is 18.0 Å². The molecule has 6 aromatic rings. The molecule has 0 aromatic heterocycles. The number of benzene rings is 6. The average molecular weight is 791 g/mol. The first-order valence-corrected chi connectivity index (χ1v) is 19.5. The highest BCUT2D eigenvalue weighted by molar-refractivity contribution is 5.90. The SMILES string of the molecule is CCN(C(=O)OCc1ccccc1)[C@@H]1[C@@H](OC(=O)c2ccccc2)[C@H](OC(=O)c2ccccc2)[C@@H](COC(c2ccccc2)(c2ccccc2)c2ccccc2)O[C@@H]1[O-]. The van der Waals surface area contributed by atoms with Crippen molar-refractivity contribution in [1.29, 1.82) is 0 Å². The molecule has 1 heterocycles. The van der Waals surface area contributed by atoms with E-state index in [2.05, 4.69) is 0 Å². The van der Waals surface area contributed by atoms with Gasteiger partial charge in [0.2, 0.25) is 0 Å². The molecular formula is C49H44NO9-. The summed E-state index contributed by atoms with van der Waals surface area (Å²) in [5.41, 5.74) is 2.24. The third-order valence-corrected chi connectivity index (χ3v) is 10.3. The monoisotopic (exact) mass is 790 g/mol. The van der Waals surface area contributed by atoms with Crippen LogP contribution in [0.2, 0.25) is 0 Å². The second-order valence-corrected chi connectivity index (χ2v) is 13.9. The number of nitrogens with zero attached hydrogens (tertiary/aromatic N) is 1. The van der Waals surface area contributed by atoms with E-state index in [9.17, 15) is 19.5 Å². The number of carbonyl (C=O) groups is 3. The molecule has 0 N–H and O–H groups in total. The fourth-order valence-electron chi connectivity index (χ4n) is 7.40. The van der Waals surface area contributed by atoms with Gasteiger partial charge >= 0.3 is 18.0 Å². The molecule has 10 nitrogen and oxygen atoms in total. The number of esters is 2. The van der Waals surface area contributed by atoms with Gasteiger partial charge in [-0.25, -0.2) is 14.4 Å². The Bertz CT molecular complexity index is 2150. The van der Waals surface area contributed by atoms with Gasteiger partial charge in [-0.05, 0) is 53.4 Å². The van der Waals surface area contributed by atoms with E-state index in [1.807, 2.05) is 109 Å². The van der Waals surface area contributed by atoms with Gasteiger partial charge in [0.1, 0.15) is 18.3 Å². The zero-order valence-electron chi connectivity index (χ0n) is 32.5. The van der Waals surface area contributed by atoms with Crippen LogP contribution in [0.5, 0.6) is 0 Å². The minimum atomic E-state index is -2.01. The maximum Gasteiger partial charge on any atom is 0.410 e. The third kappa shape index (κ3) is 9.26. The molecule has 0 radical (unpaired) electrons. The minimum absolute atomic E-state index is 0.0283. The lowest BCUT2D eigenvalue weighted by atomic mass is 9.80. The Hall–Kier alpha value is -6.59. The summed E-state index contributed by atoms with van der Waals surface area (Å²) in [6.07, 6.45) is -7.14. The molecular weight excluding hydrogens is 747 g/mol. The normalized spacial score (nSPS) is 18.9. The van der Waals surface area contributed by atoms with Gasteiger partial charge in [0.05, 0.1) is 23.8 Å². The van der Waals surface area contributed by atoms with Gasteiger partial charge in [-0.2, -0.15) is 0 Å². The highest BCUT2D eigenvalue weighted by atomic mass is 16.7. The Kier molecular flexibility index (Phi) is 13.2. The van der Waals surface area contributed by atoms with E-state index in [1.165, 1.54) is 0 Å². The Labute approximate surface area is 343 Å². The highest BCUT2D eigenvalue weighted by Gasteiger charge is 2.51. The first kappa shape index (κ1) is 40.6. The van der Waals surface area contributed by atoms with Crippen molar-refractivity contribution in [3.8, 4) is 0 Å². The molecule has 0 saturated carbocycles. The maximum absolute atomic E-state index is 14.6. The second kappa shape index (κ2) is 19.2. The number of hydrogen-bond acceptors (Lipinski definition) is 9. The van der Waals surface area contributed by atoms with Crippen LogP contribution in [0, 0.1) is 0 Å². The molecule has 0 bridgehead atoms. The third-order valence-electron chi connectivity index (χ3n) is 10.3. The number of ether oxygens (including phenoxy) is 5. The van der Waals surface area contributed by atoms with Gasteiger partial charge in [-0.1, -0.05) is 158 Å². The first-order valence-electron chi connectivity index (χ1n) is 19.5. The van der Waals surface area contributed by atoms with Crippen LogP contribution in [-0.2, 0) is 35.9 Å². The van der Waals surface area contributed by atoms with E-state index < -0.39 is 54.3 Å². The topological polar surface area (TPSA) is 124 Å². The predicted molar refractivity (Wildman–Crippen MR) is 218 cm³/mol. The predicted octanol–water partition coefficient (Wildman–Crippen LogP) is 7.56. The lowest BCUT2D eigenvalue weighted by Crippen LogP contribution is -2.70. The Morgan fingerprint density at radius 2 is 1.00 bits per heavy atom. The molecule has 10 heteroatoms. The summed E-state index contributed by atoms with van der Waals surface area (Å²) in [6.45, 7) is 1.24. The zero-order chi connectivity index (χ0) is 41.0. The molecule has 0 aliphatic carbocycles. The fraction of sp³-hybridized carbons (Fsp3) is 0.204. The lowest BCUT2D eigenvalue weighted by Gasteiger charge is -2.51. The fourth-order valence-corrected chi connectivity index (χ4v) is 7.40. The van der Waals surface area contributed by atoms with Gasteiger partial charge in [0.25, 0.3) is 0 Å². The summed E-state index contributed by atoms with van der Waals surface area (Å²) in [4.78, 5) is 43.0. The van der Waals surface area contributed by atoms with Crippen LogP contribution in [0.1, 0.15) is 49.9 Å². The van der Waals surface area contributed by atoms with Crippen molar-refractivity contribution in [2.24, 2.45) is 0 Å². The number of amides is 1. The van der Waals surface area contributed by atoms with Gasteiger partial charge < -0.3 is 33.7 Å². The molecule has 0 spiro atoms.